The van der Waals surface area contributed by atoms with Gasteiger partial charge in [-0.2, -0.15) is 0 Å². The van der Waals surface area contributed by atoms with Gasteiger partial charge >= 0.3 is 0 Å². The molecule has 3 unspecified atom stereocenters. The van der Waals surface area contributed by atoms with Crippen LogP contribution in [0.25, 0.3) is 0 Å². The normalized spacial score (nSPS) is 18.2. The van der Waals surface area contributed by atoms with Gasteiger partial charge in [0.1, 0.15) is 12.3 Å². The fourth-order valence-electron chi connectivity index (χ4n) is 0.765. The minimum absolute atomic E-state index is 0.0269. The Hall–Kier alpha value is -0.240. The average molecular weight is 194 g/mol. The Labute approximate surface area is 77.3 Å². The summed E-state index contributed by atoms with van der Waals surface area (Å²) in [6.45, 7) is -0.269. The number of likely N-dealkylation sites (N-methyl/N-ethyl adjacent to an activating group) is 1. The van der Waals surface area contributed by atoms with Gasteiger partial charge in [0.15, 0.2) is 0 Å². The highest BCUT2D eigenvalue weighted by Crippen LogP contribution is 1.96. The largest absolute Gasteiger partial charge is 0.394 e. The first kappa shape index (κ1) is 12.8. The maximum absolute atomic E-state index is 9.15. The number of nitrogens with two attached hydrogens (primary N) is 1. The number of nitrogens with one attached hydrogen (secondary N) is 1. The van der Waals surface area contributed by atoms with Gasteiger partial charge in [-0.05, 0) is 7.05 Å². The maximum atomic E-state index is 9.15. The molecule has 0 heterocycles. The molecule has 0 radical (unpaired) electrons. The summed E-state index contributed by atoms with van der Waals surface area (Å²) in [5, 5.41) is 29.4. The SMILES string of the molecule is CNC(OCC(O)CN)C(O)CO. The third-order valence-corrected chi connectivity index (χ3v) is 1.56. The van der Waals surface area contributed by atoms with Crippen molar-refractivity contribution in [2.24, 2.45) is 5.73 Å². The van der Waals surface area contributed by atoms with Crippen LogP contribution in [0.5, 0.6) is 0 Å². The van der Waals surface area contributed by atoms with Crippen molar-refractivity contribution in [1.29, 1.82) is 0 Å². The van der Waals surface area contributed by atoms with E-state index in [1.165, 1.54) is 0 Å². The first-order chi connectivity index (χ1) is 6.15. The predicted molar refractivity (Wildman–Crippen MR) is 47.0 cm³/mol. The molecule has 13 heavy (non-hydrogen) atoms. The Kier molecular flexibility index (Phi) is 7.06. The molecule has 0 aliphatic carbocycles. The second kappa shape index (κ2) is 7.19. The minimum atomic E-state index is -1.00. The van der Waals surface area contributed by atoms with Crippen molar-refractivity contribution in [1.82, 2.24) is 5.32 Å². The Morgan fingerprint density at radius 2 is 2.08 bits per heavy atom. The molecule has 0 spiro atoms. The van der Waals surface area contributed by atoms with Crippen LogP contribution in [0.15, 0.2) is 0 Å². The van der Waals surface area contributed by atoms with E-state index in [1.807, 2.05) is 0 Å². The molecule has 0 saturated carbocycles. The van der Waals surface area contributed by atoms with E-state index in [1.54, 1.807) is 7.05 Å². The quantitative estimate of drug-likeness (QED) is 0.281. The van der Waals surface area contributed by atoms with Gasteiger partial charge in [-0.15, -0.1) is 0 Å². The van der Waals surface area contributed by atoms with Crippen LogP contribution in [0.2, 0.25) is 0 Å². The number of hydrogen-bond acceptors (Lipinski definition) is 6. The van der Waals surface area contributed by atoms with E-state index in [0.29, 0.717) is 0 Å². The summed E-state index contributed by atoms with van der Waals surface area (Å²) in [6.07, 6.45) is -2.44. The molecule has 0 rings (SSSR count). The monoisotopic (exact) mass is 194 g/mol. The van der Waals surface area contributed by atoms with Crippen molar-refractivity contribution in [3.63, 3.8) is 0 Å². The Bertz CT molecular complexity index is 125. The lowest BCUT2D eigenvalue weighted by Gasteiger charge is -2.22. The van der Waals surface area contributed by atoms with Gasteiger partial charge < -0.3 is 25.8 Å². The summed E-state index contributed by atoms with van der Waals surface area (Å²) in [4.78, 5) is 0. The Morgan fingerprint density at radius 3 is 2.46 bits per heavy atom. The molecule has 0 aliphatic heterocycles. The van der Waals surface area contributed by atoms with Crippen molar-refractivity contribution >= 4 is 0 Å². The summed E-state index contributed by atoms with van der Waals surface area (Å²) >= 11 is 0. The third-order valence-electron chi connectivity index (χ3n) is 1.56. The second-order valence-electron chi connectivity index (χ2n) is 2.68. The number of rotatable bonds is 7. The molecular weight excluding hydrogens is 176 g/mol. The van der Waals surface area contributed by atoms with Gasteiger partial charge in [-0.1, -0.05) is 0 Å². The molecule has 0 fully saturated rings. The van der Waals surface area contributed by atoms with Crippen LogP contribution in [-0.2, 0) is 4.74 Å². The van der Waals surface area contributed by atoms with Gasteiger partial charge in [0, 0.05) is 6.54 Å². The van der Waals surface area contributed by atoms with Crippen molar-refractivity contribution in [2.75, 3.05) is 26.8 Å². The van der Waals surface area contributed by atoms with Crippen LogP contribution >= 0.6 is 0 Å². The van der Waals surface area contributed by atoms with Crippen LogP contribution in [-0.4, -0.2) is 60.6 Å². The minimum Gasteiger partial charge on any atom is -0.394 e. The Balaban J connectivity index is 3.71. The first-order valence-corrected chi connectivity index (χ1v) is 4.11. The van der Waals surface area contributed by atoms with Crippen LogP contribution in [0.4, 0.5) is 0 Å². The highest BCUT2D eigenvalue weighted by atomic mass is 16.5. The maximum Gasteiger partial charge on any atom is 0.136 e. The van der Waals surface area contributed by atoms with E-state index in [2.05, 4.69) is 5.32 Å². The molecule has 0 aromatic heterocycles. The molecule has 0 bridgehead atoms. The standard InChI is InChI=1S/C7H18N2O4/c1-9-7(6(12)3-10)13-4-5(11)2-8/h5-7,9-12H,2-4,8H2,1H3. The van der Waals surface area contributed by atoms with Crippen LogP contribution < -0.4 is 11.1 Å². The van der Waals surface area contributed by atoms with Crippen LogP contribution in [0.1, 0.15) is 0 Å². The summed E-state index contributed by atoms with van der Waals surface area (Å²) in [7, 11) is 1.58. The molecule has 0 aliphatic rings. The molecule has 3 atom stereocenters. The van der Waals surface area contributed by atoms with E-state index < -0.39 is 25.0 Å². The molecule has 0 amide bonds. The topological polar surface area (TPSA) is 108 Å². The van der Waals surface area contributed by atoms with E-state index in [9.17, 15) is 0 Å². The number of aliphatic hydroxyl groups is 3. The fraction of sp³-hybridized carbons (Fsp3) is 1.00. The van der Waals surface area contributed by atoms with Gasteiger partial charge in [-0.3, -0.25) is 5.32 Å². The fourth-order valence-corrected chi connectivity index (χ4v) is 0.765. The number of ether oxygens (including phenoxy) is 1. The zero-order chi connectivity index (χ0) is 10.3. The summed E-state index contributed by atoms with van der Waals surface area (Å²) in [5.74, 6) is 0. The zero-order valence-electron chi connectivity index (χ0n) is 7.68. The highest BCUT2D eigenvalue weighted by Gasteiger charge is 2.17. The zero-order valence-corrected chi connectivity index (χ0v) is 7.68. The van der Waals surface area contributed by atoms with Crippen molar-refractivity contribution < 1.29 is 20.1 Å². The van der Waals surface area contributed by atoms with Crippen molar-refractivity contribution in [3.8, 4) is 0 Å². The van der Waals surface area contributed by atoms with E-state index in [-0.39, 0.29) is 13.2 Å². The first-order valence-electron chi connectivity index (χ1n) is 4.11. The van der Waals surface area contributed by atoms with Gasteiger partial charge in [0.2, 0.25) is 0 Å². The molecule has 6 N–H and O–H groups in total. The summed E-state index contributed by atoms with van der Waals surface area (Å²) in [5.41, 5.74) is 5.15. The molecule has 0 aromatic carbocycles. The number of hydrogen-bond donors (Lipinski definition) is 5. The Morgan fingerprint density at radius 1 is 1.46 bits per heavy atom. The van der Waals surface area contributed by atoms with Crippen LogP contribution in [0.3, 0.4) is 0 Å². The highest BCUT2D eigenvalue weighted by molar-refractivity contribution is 4.65. The molecule has 0 saturated heterocycles. The molecule has 6 nitrogen and oxygen atoms in total. The van der Waals surface area contributed by atoms with Crippen molar-refractivity contribution in [2.45, 2.75) is 18.4 Å². The lowest BCUT2D eigenvalue weighted by Crippen LogP contribution is -2.44. The molecule has 80 valence electrons. The third kappa shape index (κ3) is 5.14. The second-order valence-corrected chi connectivity index (χ2v) is 2.68. The average Bonchev–Trinajstić information content (AvgIpc) is 2.17. The van der Waals surface area contributed by atoms with Gasteiger partial charge in [0.05, 0.1) is 19.3 Å². The van der Waals surface area contributed by atoms with Gasteiger partial charge in [0.25, 0.3) is 0 Å². The van der Waals surface area contributed by atoms with Crippen LogP contribution in [0, 0.1) is 0 Å². The summed E-state index contributed by atoms with van der Waals surface area (Å²) in [6, 6.07) is 0. The smallest absolute Gasteiger partial charge is 0.136 e. The lowest BCUT2D eigenvalue weighted by molar-refractivity contribution is -0.0903. The van der Waals surface area contributed by atoms with E-state index in [4.69, 9.17) is 25.8 Å². The molecule has 0 aromatic rings. The predicted octanol–water partition coefficient (Wildman–Crippen LogP) is -2.78. The van der Waals surface area contributed by atoms with E-state index >= 15 is 0 Å². The molecule has 6 heteroatoms. The lowest BCUT2D eigenvalue weighted by atomic mass is 10.3. The van der Waals surface area contributed by atoms with E-state index in [0.717, 1.165) is 0 Å². The molecular formula is C7H18N2O4. The van der Waals surface area contributed by atoms with Gasteiger partial charge in [-0.25, -0.2) is 0 Å². The number of aliphatic hydroxyl groups excluding tert-OH is 3. The summed E-state index contributed by atoms with van der Waals surface area (Å²) < 4.78 is 5.05. The van der Waals surface area contributed by atoms with Crippen molar-refractivity contribution in [3.05, 3.63) is 0 Å².